The lowest BCUT2D eigenvalue weighted by Gasteiger charge is -2.13. The molecule has 0 aliphatic heterocycles. The average molecular weight is 282 g/mol. The summed E-state index contributed by atoms with van der Waals surface area (Å²) in [5.74, 6) is 0. The third-order valence-corrected chi connectivity index (χ3v) is 3.43. The molecule has 2 nitrogen and oxygen atoms in total. The maximum Gasteiger partial charge on any atom is 0.0748 e. The Morgan fingerprint density at radius 2 is 1.48 bits per heavy atom. The molecule has 0 amide bonds. The molecule has 2 atom stereocenters. The number of aliphatic hydroxyl groups excluding tert-OH is 2. The molecule has 0 saturated carbocycles. The van der Waals surface area contributed by atoms with Crippen LogP contribution in [0.15, 0.2) is 66.7 Å². The summed E-state index contributed by atoms with van der Waals surface area (Å²) in [5.41, 5.74) is 2.26. The van der Waals surface area contributed by atoms with Crippen molar-refractivity contribution in [1.82, 2.24) is 0 Å². The highest BCUT2D eigenvalue weighted by Crippen LogP contribution is 2.11. The van der Waals surface area contributed by atoms with E-state index in [2.05, 4.69) is 12.1 Å². The molecule has 0 spiro atoms. The van der Waals surface area contributed by atoms with Gasteiger partial charge in [-0.3, -0.25) is 0 Å². The molecule has 0 fully saturated rings. The third-order valence-electron chi connectivity index (χ3n) is 3.43. The normalized spacial score (nSPS) is 14.2. The van der Waals surface area contributed by atoms with Crippen LogP contribution in [0.25, 0.3) is 6.08 Å². The first-order valence-corrected chi connectivity index (χ1v) is 7.37. The van der Waals surface area contributed by atoms with Crippen molar-refractivity contribution in [3.63, 3.8) is 0 Å². The van der Waals surface area contributed by atoms with Crippen molar-refractivity contribution in [2.24, 2.45) is 0 Å². The molecule has 0 saturated heterocycles. The van der Waals surface area contributed by atoms with Crippen LogP contribution in [-0.2, 0) is 6.42 Å². The van der Waals surface area contributed by atoms with Crippen molar-refractivity contribution >= 4 is 6.08 Å². The predicted octanol–water partition coefficient (Wildman–Crippen LogP) is 3.44. The fourth-order valence-corrected chi connectivity index (χ4v) is 2.24. The molecule has 0 heterocycles. The largest absolute Gasteiger partial charge is 0.393 e. The summed E-state index contributed by atoms with van der Waals surface area (Å²) in [6.07, 6.45) is 4.39. The Hall–Kier alpha value is -1.90. The van der Waals surface area contributed by atoms with Gasteiger partial charge in [0.05, 0.1) is 12.2 Å². The minimum atomic E-state index is -0.615. The molecule has 0 aliphatic carbocycles. The van der Waals surface area contributed by atoms with E-state index >= 15 is 0 Å². The zero-order valence-electron chi connectivity index (χ0n) is 12.1. The van der Waals surface area contributed by atoms with Crippen LogP contribution >= 0.6 is 0 Å². The molecule has 2 aromatic rings. The second kappa shape index (κ2) is 8.40. The molecule has 0 unspecified atom stereocenters. The number of aliphatic hydroxyl groups is 2. The zero-order chi connectivity index (χ0) is 14.9. The maximum absolute atomic E-state index is 9.98. The molecule has 2 rings (SSSR count). The van der Waals surface area contributed by atoms with Gasteiger partial charge in [0.2, 0.25) is 0 Å². The number of aryl methyl sites for hydroxylation is 1. The Labute approximate surface area is 126 Å². The standard InChI is InChI=1S/C19H22O2/c20-18(13-11-16-7-3-1-4-8-16)15-19(21)14-12-17-9-5-2-6-10-17/h1-11,13,18-21H,12,14-15H2/b13-11+/t18-,19+/m0/s1. The van der Waals surface area contributed by atoms with E-state index in [0.29, 0.717) is 12.8 Å². The van der Waals surface area contributed by atoms with E-state index in [0.717, 1.165) is 12.0 Å². The Morgan fingerprint density at radius 3 is 2.14 bits per heavy atom. The van der Waals surface area contributed by atoms with Gasteiger partial charge in [-0.25, -0.2) is 0 Å². The smallest absolute Gasteiger partial charge is 0.0748 e. The molecule has 0 aromatic heterocycles. The van der Waals surface area contributed by atoms with Gasteiger partial charge in [0.25, 0.3) is 0 Å². The van der Waals surface area contributed by atoms with Crippen molar-refractivity contribution in [2.45, 2.75) is 31.5 Å². The summed E-state index contributed by atoms with van der Waals surface area (Å²) >= 11 is 0. The van der Waals surface area contributed by atoms with E-state index in [4.69, 9.17) is 0 Å². The Balaban J connectivity index is 1.74. The maximum atomic E-state index is 9.98. The van der Waals surface area contributed by atoms with Crippen LogP contribution in [0.3, 0.4) is 0 Å². The first-order valence-electron chi connectivity index (χ1n) is 7.37. The Bertz CT molecular complexity index is 534. The van der Waals surface area contributed by atoms with Gasteiger partial charge in [-0.1, -0.05) is 72.8 Å². The summed E-state index contributed by atoms with van der Waals surface area (Å²) < 4.78 is 0. The number of rotatable bonds is 7. The van der Waals surface area contributed by atoms with Crippen molar-refractivity contribution in [3.8, 4) is 0 Å². The van der Waals surface area contributed by atoms with Gasteiger partial charge in [0.15, 0.2) is 0 Å². The zero-order valence-corrected chi connectivity index (χ0v) is 12.1. The summed E-state index contributed by atoms with van der Waals surface area (Å²) in [6, 6.07) is 19.9. The van der Waals surface area contributed by atoms with Crippen LogP contribution in [0.2, 0.25) is 0 Å². The lowest BCUT2D eigenvalue weighted by molar-refractivity contribution is 0.0983. The molecule has 2 N–H and O–H groups in total. The molecule has 2 aromatic carbocycles. The fraction of sp³-hybridized carbons (Fsp3) is 0.263. The summed E-state index contributed by atoms with van der Waals surface area (Å²) in [5, 5.41) is 19.9. The molecule has 2 heteroatoms. The van der Waals surface area contributed by atoms with Crippen LogP contribution in [0.4, 0.5) is 0 Å². The van der Waals surface area contributed by atoms with E-state index < -0.39 is 12.2 Å². The first-order chi connectivity index (χ1) is 10.2. The summed E-state index contributed by atoms with van der Waals surface area (Å²) in [6.45, 7) is 0. The van der Waals surface area contributed by atoms with Crippen LogP contribution in [0.1, 0.15) is 24.0 Å². The van der Waals surface area contributed by atoms with Crippen LogP contribution in [0, 0.1) is 0 Å². The molecule has 110 valence electrons. The minimum absolute atomic E-state index is 0.371. The van der Waals surface area contributed by atoms with Crippen LogP contribution in [0.5, 0.6) is 0 Å². The van der Waals surface area contributed by atoms with E-state index in [1.54, 1.807) is 6.08 Å². The summed E-state index contributed by atoms with van der Waals surface area (Å²) in [4.78, 5) is 0. The van der Waals surface area contributed by atoms with Gasteiger partial charge in [0.1, 0.15) is 0 Å². The van der Waals surface area contributed by atoms with Crippen LogP contribution in [-0.4, -0.2) is 22.4 Å². The highest BCUT2D eigenvalue weighted by molar-refractivity contribution is 5.49. The lowest BCUT2D eigenvalue weighted by Crippen LogP contribution is -2.16. The Morgan fingerprint density at radius 1 is 0.857 bits per heavy atom. The van der Waals surface area contributed by atoms with Crippen molar-refractivity contribution in [2.75, 3.05) is 0 Å². The lowest BCUT2D eigenvalue weighted by atomic mass is 10.0. The van der Waals surface area contributed by atoms with Crippen molar-refractivity contribution < 1.29 is 10.2 Å². The molecule has 21 heavy (non-hydrogen) atoms. The second-order valence-corrected chi connectivity index (χ2v) is 5.25. The van der Waals surface area contributed by atoms with E-state index in [1.807, 2.05) is 54.6 Å². The molecule has 0 radical (unpaired) electrons. The number of benzene rings is 2. The predicted molar refractivity (Wildman–Crippen MR) is 86.9 cm³/mol. The number of hydrogen-bond donors (Lipinski definition) is 2. The molecule has 0 bridgehead atoms. The number of hydrogen-bond acceptors (Lipinski definition) is 2. The SMILES string of the molecule is O[C@H](CCc1ccccc1)C[C@@H](O)/C=C/c1ccccc1. The van der Waals surface area contributed by atoms with Crippen LogP contribution < -0.4 is 0 Å². The van der Waals surface area contributed by atoms with Gasteiger partial charge in [-0.15, -0.1) is 0 Å². The molecular formula is C19H22O2. The van der Waals surface area contributed by atoms with E-state index in [9.17, 15) is 10.2 Å². The van der Waals surface area contributed by atoms with E-state index in [-0.39, 0.29) is 0 Å². The molecular weight excluding hydrogens is 260 g/mol. The van der Waals surface area contributed by atoms with E-state index in [1.165, 1.54) is 5.56 Å². The second-order valence-electron chi connectivity index (χ2n) is 5.25. The van der Waals surface area contributed by atoms with Crippen molar-refractivity contribution in [3.05, 3.63) is 77.9 Å². The van der Waals surface area contributed by atoms with Gasteiger partial charge in [0, 0.05) is 6.42 Å². The van der Waals surface area contributed by atoms with Gasteiger partial charge >= 0.3 is 0 Å². The quantitative estimate of drug-likeness (QED) is 0.816. The average Bonchev–Trinajstić information content (AvgIpc) is 2.53. The highest BCUT2D eigenvalue weighted by Gasteiger charge is 2.09. The van der Waals surface area contributed by atoms with Crippen molar-refractivity contribution in [1.29, 1.82) is 0 Å². The van der Waals surface area contributed by atoms with Gasteiger partial charge in [-0.05, 0) is 24.0 Å². The van der Waals surface area contributed by atoms with Gasteiger partial charge < -0.3 is 10.2 Å². The highest BCUT2D eigenvalue weighted by atomic mass is 16.3. The Kier molecular flexibility index (Phi) is 6.20. The third kappa shape index (κ3) is 5.94. The topological polar surface area (TPSA) is 40.5 Å². The molecule has 0 aliphatic rings. The summed E-state index contributed by atoms with van der Waals surface area (Å²) in [7, 11) is 0. The first kappa shape index (κ1) is 15.5. The minimum Gasteiger partial charge on any atom is -0.393 e. The monoisotopic (exact) mass is 282 g/mol. The fourth-order valence-electron chi connectivity index (χ4n) is 2.24. The van der Waals surface area contributed by atoms with Gasteiger partial charge in [-0.2, -0.15) is 0 Å².